The molecule has 0 aromatic heterocycles. The molecule has 0 radical (unpaired) electrons. The Kier molecular flexibility index (Phi) is 7.30. The molecule has 2 amide bonds. The van der Waals surface area contributed by atoms with Crippen LogP contribution in [0.4, 0.5) is 10.1 Å². The topological polar surface area (TPSA) is 95.6 Å². The first-order valence-corrected chi connectivity index (χ1v) is 11.6. The van der Waals surface area contributed by atoms with Gasteiger partial charge in [-0.25, -0.2) is 12.8 Å². The Morgan fingerprint density at radius 2 is 1.87 bits per heavy atom. The van der Waals surface area contributed by atoms with Crippen molar-refractivity contribution in [1.82, 2.24) is 9.62 Å². The van der Waals surface area contributed by atoms with E-state index >= 15 is 0 Å². The molecule has 31 heavy (non-hydrogen) atoms. The molecule has 2 N–H and O–H groups in total. The Morgan fingerprint density at radius 1 is 1.16 bits per heavy atom. The summed E-state index contributed by atoms with van der Waals surface area (Å²) in [6.45, 7) is 2.10. The van der Waals surface area contributed by atoms with E-state index in [0.717, 1.165) is 17.7 Å². The van der Waals surface area contributed by atoms with Gasteiger partial charge in [-0.3, -0.25) is 9.59 Å². The number of nitrogens with one attached hydrogen (secondary N) is 2. The highest BCUT2D eigenvalue weighted by Gasteiger charge is 2.32. The minimum Gasteiger partial charge on any atom is -0.352 e. The van der Waals surface area contributed by atoms with Crippen molar-refractivity contribution in [3.8, 4) is 0 Å². The molecular weight excluding hydrogens is 445 g/mol. The van der Waals surface area contributed by atoms with Gasteiger partial charge < -0.3 is 10.6 Å². The van der Waals surface area contributed by atoms with Crippen LogP contribution in [0.15, 0.2) is 47.4 Å². The molecule has 0 unspecified atom stereocenters. The van der Waals surface area contributed by atoms with Crippen LogP contribution in [0.25, 0.3) is 0 Å². The van der Waals surface area contributed by atoms with E-state index in [9.17, 15) is 22.4 Å². The Morgan fingerprint density at radius 3 is 2.52 bits per heavy atom. The quantitative estimate of drug-likeness (QED) is 0.682. The average Bonchev–Trinajstić information content (AvgIpc) is 2.74. The minimum atomic E-state index is -3.80. The van der Waals surface area contributed by atoms with E-state index in [4.69, 9.17) is 11.6 Å². The molecule has 0 saturated carbocycles. The number of carbonyl (C=O) groups excluding carboxylic acids is 2. The van der Waals surface area contributed by atoms with Crippen LogP contribution in [0.1, 0.15) is 25.3 Å². The molecule has 166 valence electrons. The number of halogens is 2. The number of rotatable bonds is 6. The van der Waals surface area contributed by atoms with Crippen LogP contribution in [0.2, 0.25) is 5.02 Å². The number of carbonyl (C=O) groups is 2. The number of amides is 2. The Labute approximate surface area is 185 Å². The Balaban J connectivity index is 1.55. The molecule has 2 aromatic rings. The number of sulfonamides is 1. The van der Waals surface area contributed by atoms with E-state index in [2.05, 4.69) is 10.6 Å². The smallest absolute Gasteiger partial charge is 0.243 e. The second kappa shape index (κ2) is 9.76. The number of nitrogens with zero attached hydrogens (tertiary/aromatic N) is 1. The van der Waals surface area contributed by atoms with Crippen LogP contribution < -0.4 is 10.6 Å². The van der Waals surface area contributed by atoms with Gasteiger partial charge in [-0.1, -0.05) is 23.7 Å². The molecule has 1 fully saturated rings. The van der Waals surface area contributed by atoms with Gasteiger partial charge in [0.2, 0.25) is 21.8 Å². The van der Waals surface area contributed by atoms with Gasteiger partial charge in [0.15, 0.2) is 0 Å². The zero-order valence-electron chi connectivity index (χ0n) is 16.9. The van der Waals surface area contributed by atoms with Crippen LogP contribution in [-0.4, -0.2) is 37.6 Å². The van der Waals surface area contributed by atoms with Crippen molar-refractivity contribution in [2.75, 3.05) is 18.4 Å². The van der Waals surface area contributed by atoms with E-state index in [1.54, 1.807) is 18.2 Å². The van der Waals surface area contributed by atoms with E-state index in [-0.39, 0.29) is 40.7 Å². The van der Waals surface area contributed by atoms with Crippen molar-refractivity contribution in [3.05, 3.63) is 58.9 Å². The summed E-state index contributed by atoms with van der Waals surface area (Å²) in [7, 11) is -3.80. The van der Waals surface area contributed by atoms with Gasteiger partial charge in [-0.2, -0.15) is 4.31 Å². The SMILES string of the molecule is CC(=O)Nc1cccc(CNC(=O)C2CCN(S(=O)(=O)c3ccc(F)c(Cl)c3)CC2)c1. The number of piperidine rings is 1. The van der Waals surface area contributed by atoms with E-state index in [0.29, 0.717) is 25.1 Å². The summed E-state index contributed by atoms with van der Waals surface area (Å²) >= 11 is 5.71. The Bertz CT molecular complexity index is 1090. The number of benzene rings is 2. The predicted molar refractivity (Wildman–Crippen MR) is 115 cm³/mol. The molecule has 1 heterocycles. The molecule has 3 rings (SSSR count). The van der Waals surface area contributed by atoms with Crippen molar-refractivity contribution >= 4 is 39.1 Å². The fraction of sp³-hybridized carbons (Fsp3) is 0.333. The van der Waals surface area contributed by atoms with Gasteiger partial charge in [-0.15, -0.1) is 0 Å². The van der Waals surface area contributed by atoms with Gasteiger partial charge >= 0.3 is 0 Å². The summed E-state index contributed by atoms with van der Waals surface area (Å²) < 4.78 is 40.1. The Hall–Kier alpha value is -2.49. The maximum absolute atomic E-state index is 13.3. The molecule has 2 aromatic carbocycles. The number of anilines is 1. The lowest BCUT2D eigenvalue weighted by molar-refractivity contribution is -0.126. The molecule has 10 heteroatoms. The number of hydrogen-bond acceptors (Lipinski definition) is 4. The summed E-state index contributed by atoms with van der Waals surface area (Å²) in [5, 5.41) is 5.31. The second-order valence-electron chi connectivity index (χ2n) is 7.35. The third kappa shape index (κ3) is 5.81. The molecular formula is C21H23ClFN3O4S. The third-order valence-electron chi connectivity index (χ3n) is 5.07. The standard InChI is InChI=1S/C21H23ClFN3O4S/c1-14(27)25-17-4-2-3-15(11-17)13-24-21(28)16-7-9-26(10-8-16)31(29,30)18-5-6-20(23)19(22)12-18/h2-6,11-12,16H,7-10,13H2,1H3,(H,24,28)(H,25,27). The second-order valence-corrected chi connectivity index (χ2v) is 9.70. The molecule has 1 aliphatic rings. The van der Waals surface area contributed by atoms with Crippen LogP contribution in [0, 0.1) is 11.7 Å². The van der Waals surface area contributed by atoms with E-state index in [1.807, 2.05) is 6.07 Å². The van der Waals surface area contributed by atoms with Crippen LogP contribution in [-0.2, 0) is 26.2 Å². The maximum Gasteiger partial charge on any atom is 0.243 e. The minimum absolute atomic E-state index is 0.0687. The maximum atomic E-state index is 13.3. The first-order valence-electron chi connectivity index (χ1n) is 9.76. The van der Waals surface area contributed by atoms with E-state index < -0.39 is 15.8 Å². The largest absolute Gasteiger partial charge is 0.352 e. The molecule has 0 atom stereocenters. The third-order valence-corrected chi connectivity index (χ3v) is 7.25. The van der Waals surface area contributed by atoms with Crippen LogP contribution in [0.3, 0.4) is 0 Å². The lowest BCUT2D eigenvalue weighted by Gasteiger charge is -2.30. The zero-order chi connectivity index (χ0) is 22.6. The molecule has 7 nitrogen and oxygen atoms in total. The van der Waals surface area contributed by atoms with Gasteiger partial charge in [-0.05, 0) is 48.7 Å². The van der Waals surface area contributed by atoms with Crippen LogP contribution in [0.5, 0.6) is 0 Å². The summed E-state index contributed by atoms with van der Waals surface area (Å²) in [5.41, 5.74) is 1.49. The average molecular weight is 468 g/mol. The molecule has 1 aliphatic heterocycles. The van der Waals surface area contributed by atoms with Crippen molar-refractivity contribution in [2.45, 2.75) is 31.2 Å². The van der Waals surface area contributed by atoms with Crippen molar-refractivity contribution in [2.24, 2.45) is 5.92 Å². The first kappa shape index (κ1) is 23.2. The van der Waals surface area contributed by atoms with Gasteiger partial charge in [0.1, 0.15) is 5.82 Å². The molecule has 0 bridgehead atoms. The predicted octanol–water partition coefficient (Wildman–Crippen LogP) is 3.15. The summed E-state index contributed by atoms with van der Waals surface area (Å²) in [6.07, 6.45) is 0.762. The van der Waals surface area contributed by atoms with E-state index in [1.165, 1.54) is 17.3 Å². The highest BCUT2D eigenvalue weighted by atomic mass is 35.5. The fourth-order valence-corrected chi connectivity index (χ4v) is 5.18. The molecule has 0 aliphatic carbocycles. The zero-order valence-corrected chi connectivity index (χ0v) is 18.5. The summed E-state index contributed by atoms with van der Waals surface area (Å²) in [6, 6.07) is 10.5. The van der Waals surface area contributed by atoms with Gasteiger partial charge in [0.25, 0.3) is 0 Å². The first-order chi connectivity index (χ1) is 14.7. The van der Waals surface area contributed by atoms with Crippen molar-refractivity contribution in [3.63, 3.8) is 0 Å². The lowest BCUT2D eigenvalue weighted by Crippen LogP contribution is -2.42. The van der Waals surface area contributed by atoms with Gasteiger partial charge in [0, 0.05) is 38.2 Å². The fourth-order valence-electron chi connectivity index (χ4n) is 3.44. The van der Waals surface area contributed by atoms with Crippen LogP contribution >= 0.6 is 11.6 Å². The molecule has 1 saturated heterocycles. The normalized spacial score (nSPS) is 15.5. The summed E-state index contributed by atoms with van der Waals surface area (Å²) in [4.78, 5) is 23.6. The highest BCUT2D eigenvalue weighted by Crippen LogP contribution is 2.26. The van der Waals surface area contributed by atoms with Crippen molar-refractivity contribution in [1.29, 1.82) is 0 Å². The van der Waals surface area contributed by atoms with Crippen molar-refractivity contribution < 1.29 is 22.4 Å². The molecule has 0 spiro atoms. The van der Waals surface area contributed by atoms with Gasteiger partial charge in [0.05, 0.1) is 9.92 Å². The number of hydrogen-bond donors (Lipinski definition) is 2. The summed E-state index contributed by atoms with van der Waals surface area (Å²) in [5.74, 6) is -1.31. The monoisotopic (exact) mass is 467 g/mol. The highest BCUT2D eigenvalue weighted by molar-refractivity contribution is 7.89. The lowest BCUT2D eigenvalue weighted by atomic mass is 9.97.